The van der Waals surface area contributed by atoms with E-state index in [1.54, 1.807) is 0 Å². The summed E-state index contributed by atoms with van der Waals surface area (Å²) in [6, 6.07) is 35.2. The molecule has 0 fully saturated rings. The number of hydrogen-bond acceptors (Lipinski definition) is 1. The Morgan fingerprint density at radius 3 is 2.10 bits per heavy atom. The van der Waals surface area contributed by atoms with Crippen molar-refractivity contribution in [1.82, 2.24) is 4.90 Å². The van der Waals surface area contributed by atoms with Gasteiger partial charge in [0.1, 0.15) is 0 Å². The summed E-state index contributed by atoms with van der Waals surface area (Å²) in [6.07, 6.45) is 1.08. The summed E-state index contributed by atoms with van der Waals surface area (Å²) in [6.45, 7) is 4.22. The third-order valence-electron chi connectivity index (χ3n) is 5.71. The quantitative estimate of drug-likeness (QED) is 0.340. The zero-order chi connectivity index (χ0) is 20.1. The van der Waals surface area contributed by atoms with Gasteiger partial charge in [0, 0.05) is 13.1 Å². The molecule has 0 aliphatic heterocycles. The van der Waals surface area contributed by atoms with Crippen molar-refractivity contribution in [3.63, 3.8) is 0 Å². The van der Waals surface area contributed by atoms with Gasteiger partial charge in [-0.3, -0.25) is 4.90 Å². The molecular formula is C28H29N. The van der Waals surface area contributed by atoms with Crippen LogP contribution in [0.4, 0.5) is 0 Å². The Kier molecular flexibility index (Phi) is 6.07. The zero-order valence-corrected chi connectivity index (χ0v) is 17.4. The van der Waals surface area contributed by atoms with E-state index in [4.69, 9.17) is 0 Å². The second-order valence-corrected chi connectivity index (χ2v) is 8.14. The first-order valence-electron chi connectivity index (χ1n) is 10.5. The van der Waals surface area contributed by atoms with Gasteiger partial charge in [-0.1, -0.05) is 104 Å². The maximum Gasteiger partial charge on any atom is 0.0240 e. The Bertz CT molecular complexity index is 1050. The Morgan fingerprint density at radius 2 is 1.31 bits per heavy atom. The minimum atomic E-state index is 0.538. The molecule has 29 heavy (non-hydrogen) atoms. The fourth-order valence-electron chi connectivity index (χ4n) is 4.12. The molecule has 1 unspecified atom stereocenters. The second-order valence-electron chi connectivity index (χ2n) is 8.14. The van der Waals surface area contributed by atoms with Gasteiger partial charge in [-0.25, -0.2) is 0 Å². The number of rotatable bonds is 7. The maximum atomic E-state index is 2.39. The fraction of sp³-hybridized carbons (Fsp3) is 0.214. The zero-order valence-electron chi connectivity index (χ0n) is 17.4. The Balaban J connectivity index is 1.38. The summed E-state index contributed by atoms with van der Waals surface area (Å²) in [7, 11) is 2.20. The summed E-state index contributed by atoms with van der Waals surface area (Å²) in [5.41, 5.74) is 5.57. The number of hydrogen-bond donors (Lipinski definition) is 0. The SMILES string of the molecule is CC(Cc1ccc(CN(C)Cc2cccc3ccccc23)cc1)c1ccccc1. The maximum absolute atomic E-state index is 2.39. The number of fused-ring (bicyclic) bond motifs is 1. The van der Waals surface area contributed by atoms with Crippen LogP contribution < -0.4 is 0 Å². The van der Waals surface area contributed by atoms with Gasteiger partial charge in [-0.2, -0.15) is 0 Å². The molecule has 4 aromatic carbocycles. The molecule has 0 amide bonds. The molecule has 0 radical (unpaired) electrons. The molecule has 1 heteroatoms. The minimum Gasteiger partial charge on any atom is -0.298 e. The first-order chi connectivity index (χ1) is 14.2. The fourth-order valence-corrected chi connectivity index (χ4v) is 4.12. The average Bonchev–Trinajstić information content (AvgIpc) is 2.76. The second kappa shape index (κ2) is 9.07. The van der Waals surface area contributed by atoms with Gasteiger partial charge in [0.2, 0.25) is 0 Å². The van der Waals surface area contributed by atoms with Gasteiger partial charge in [0.05, 0.1) is 0 Å². The molecule has 0 aliphatic rings. The van der Waals surface area contributed by atoms with Gasteiger partial charge in [0.15, 0.2) is 0 Å². The molecule has 0 aliphatic carbocycles. The monoisotopic (exact) mass is 379 g/mol. The van der Waals surface area contributed by atoms with E-state index in [1.807, 2.05) is 0 Å². The Morgan fingerprint density at radius 1 is 0.655 bits per heavy atom. The lowest BCUT2D eigenvalue weighted by molar-refractivity contribution is 0.320. The lowest BCUT2D eigenvalue weighted by Gasteiger charge is -2.19. The van der Waals surface area contributed by atoms with E-state index >= 15 is 0 Å². The lowest BCUT2D eigenvalue weighted by atomic mass is 9.93. The third kappa shape index (κ3) is 4.93. The van der Waals surface area contributed by atoms with Crippen molar-refractivity contribution >= 4 is 10.8 Å². The summed E-state index contributed by atoms with van der Waals surface area (Å²) in [5.74, 6) is 0.538. The van der Waals surface area contributed by atoms with Crippen LogP contribution in [0, 0.1) is 0 Å². The van der Waals surface area contributed by atoms with E-state index in [0.717, 1.165) is 19.5 Å². The highest BCUT2D eigenvalue weighted by atomic mass is 15.1. The van der Waals surface area contributed by atoms with Crippen LogP contribution in [-0.2, 0) is 19.5 Å². The average molecular weight is 380 g/mol. The van der Waals surface area contributed by atoms with Crippen LogP contribution in [-0.4, -0.2) is 11.9 Å². The van der Waals surface area contributed by atoms with Gasteiger partial charge in [-0.05, 0) is 52.4 Å². The lowest BCUT2D eigenvalue weighted by Crippen LogP contribution is -2.17. The molecule has 4 aromatic rings. The molecule has 0 heterocycles. The van der Waals surface area contributed by atoms with Crippen LogP contribution in [0.25, 0.3) is 10.8 Å². The van der Waals surface area contributed by atoms with E-state index in [0.29, 0.717) is 5.92 Å². The molecule has 0 bridgehead atoms. The number of nitrogens with zero attached hydrogens (tertiary/aromatic N) is 1. The summed E-state index contributed by atoms with van der Waals surface area (Å²) in [5, 5.41) is 2.67. The molecule has 0 spiro atoms. The van der Waals surface area contributed by atoms with Crippen LogP contribution >= 0.6 is 0 Å². The molecule has 0 saturated carbocycles. The first-order valence-corrected chi connectivity index (χ1v) is 10.5. The highest BCUT2D eigenvalue weighted by Gasteiger charge is 2.08. The largest absolute Gasteiger partial charge is 0.298 e. The predicted molar refractivity (Wildman–Crippen MR) is 124 cm³/mol. The van der Waals surface area contributed by atoms with Crippen molar-refractivity contribution in [2.75, 3.05) is 7.05 Å². The van der Waals surface area contributed by atoms with Crippen molar-refractivity contribution in [2.24, 2.45) is 0 Å². The van der Waals surface area contributed by atoms with Gasteiger partial charge in [0.25, 0.3) is 0 Å². The van der Waals surface area contributed by atoms with Crippen LogP contribution in [0.3, 0.4) is 0 Å². The molecule has 0 aromatic heterocycles. The van der Waals surface area contributed by atoms with Crippen molar-refractivity contribution < 1.29 is 0 Å². The molecule has 1 nitrogen and oxygen atoms in total. The highest BCUT2D eigenvalue weighted by molar-refractivity contribution is 5.85. The van der Waals surface area contributed by atoms with Crippen molar-refractivity contribution in [1.29, 1.82) is 0 Å². The summed E-state index contributed by atoms with van der Waals surface area (Å²) >= 11 is 0. The minimum absolute atomic E-state index is 0.538. The topological polar surface area (TPSA) is 3.24 Å². The van der Waals surface area contributed by atoms with Crippen molar-refractivity contribution in [3.8, 4) is 0 Å². The third-order valence-corrected chi connectivity index (χ3v) is 5.71. The summed E-state index contributed by atoms with van der Waals surface area (Å²) in [4.78, 5) is 2.39. The molecule has 1 atom stereocenters. The summed E-state index contributed by atoms with van der Waals surface area (Å²) < 4.78 is 0. The predicted octanol–water partition coefficient (Wildman–Crippen LogP) is 6.82. The van der Waals surface area contributed by atoms with Crippen molar-refractivity contribution in [3.05, 3.63) is 119 Å². The van der Waals surface area contributed by atoms with Gasteiger partial charge >= 0.3 is 0 Å². The molecule has 0 N–H and O–H groups in total. The number of benzene rings is 4. The van der Waals surface area contributed by atoms with E-state index in [1.165, 1.54) is 33.0 Å². The molecule has 4 rings (SSSR count). The van der Waals surface area contributed by atoms with Gasteiger partial charge in [-0.15, -0.1) is 0 Å². The van der Waals surface area contributed by atoms with Crippen LogP contribution in [0.2, 0.25) is 0 Å². The highest BCUT2D eigenvalue weighted by Crippen LogP contribution is 2.22. The van der Waals surface area contributed by atoms with Crippen LogP contribution in [0.1, 0.15) is 35.1 Å². The van der Waals surface area contributed by atoms with Crippen molar-refractivity contribution in [2.45, 2.75) is 32.4 Å². The van der Waals surface area contributed by atoms with E-state index in [2.05, 4.69) is 116 Å². The van der Waals surface area contributed by atoms with Crippen LogP contribution in [0.15, 0.2) is 97.1 Å². The van der Waals surface area contributed by atoms with E-state index < -0.39 is 0 Å². The molecular weight excluding hydrogens is 350 g/mol. The van der Waals surface area contributed by atoms with E-state index in [9.17, 15) is 0 Å². The van der Waals surface area contributed by atoms with Crippen LogP contribution in [0.5, 0.6) is 0 Å². The molecule has 0 saturated heterocycles. The standard InChI is InChI=1S/C28H29N/c1-22(25-9-4-3-5-10-25)19-23-15-17-24(18-16-23)20-29(2)21-27-13-8-12-26-11-6-7-14-28(26)27/h3-18,22H,19-21H2,1-2H3. The van der Waals surface area contributed by atoms with E-state index in [-0.39, 0.29) is 0 Å². The Labute approximate surface area is 174 Å². The Hall–Kier alpha value is -2.90. The first kappa shape index (κ1) is 19.4. The van der Waals surface area contributed by atoms with Gasteiger partial charge < -0.3 is 0 Å². The smallest absolute Gasteiger partial charge is 0.0240 e. The normalized spacial score (nSPS) is 12.4. The molecule has 146 valence electrons.